The average molecular weight is 545 g/mol. The first-order valence-corrected chi connectivity index (χ1v) is 16.1. The van der Waals surface area contributed by atoms with Crippen LogP contribution in [0.25, 0.3) is 0 Å². The van der Waals surface area contributed by atoms with Crippen LogP contribution in [0.5, 0.6) is 0 Å². The molecule has 0 bridgehead atoms. The molecule has 0 spiro atoms. The lowest BCUT2D eigenvalue weighted by Crippen LogP contribution is -2.64. The number of carboxylic acids is 2. The van der Waals surface area contributed by atoms with Crippen LogP contribution in [0, 0.1) is 16.6 Å². The van der Waals surface area contributed by atoms with Gasteiger partial charge >= 0.3 is 11.9 Å². The lowest BCUT2D eigenvalue weighted by molar-refractivity contribution is -0.178. The molecule has 0 atom stereocenters. The van der Waals surface area contributed by atoms with Crippen LogP contribution in [0.15, 0.2) is 18.2 Å². The van der Waals surface area contributed by atoms with Gasteiger partial charge in [0.25, 0.3) is 0 Å². The molecule has 2 N–H and O–H groups in total. The van der Waals surface area contributed by atoms with Crippen LogP contribution in [0.3, 0.4) is 0 Å². The highest BCUT2D eigenvalue weighted by Crippen LogP contribution is 2.65. The number of halogens is 1. The van der Waals surface area contributed by atoms with E-state index in [4.69, 9.17) is 0 Å². The van der Waals surface area contributed by atoms with Crippen LogP contribution in [0.1, 0.15) is 153 Å². The SMILES string of the molecule is CCCCCc1ccc(C(CCCC)(C2(C(=O)O)CCCCCCC2)C2(C(=O)O)CCCCCCC2)c(F)c1. The number of aryl methyl sites for hydroxylation is 1. The van der Waals surface area contributed by atoms with E-state index >= 15 is 4.39 Å². The number of hydrogen-bond acceptors (Lipinski definition) is 2. The van der Waals surface area contributed by atoms with Crippen molar-refractivity contribution in [3.05, 3.63) is 35.1 Å². The molecule has 0 radical (unpaired) electrons. The van der Waals surface area contributed by atoms with Crippen molar-refractivity contribution in [3.63, 3.8) is 0 Å². The Hall–Kier alpha value is -1.91. The van der Waals surface area contributed by atoms with E-state index in [1.165, 1.54) is 0 Å². The highest BCUT2D eigenvalue weighted by atomic mass is 19.1. The molecule has 2 aliphatic rings. The van der Waals surface area contributed by atoms with Gasteiger partial charge in [0.2, 0.25) is 0 Å². The van der Waals surface area contributed by atoms with Gasteiger partial charge in [-0.2, -0.15) is 0 Å². The molecule has 0 unspecified atom stereocenters. The van der Waals surface area contributed by atoms with Gasteiger partial charge < -0.3 is 10.2 Å². The average Bonchev–Trinajstić information content (AvgIpc) is 2.86. The summed E-state index contributed by atoms with van der Waals surface area (Å²) < 4.78 is 16.6. The standard InChI is InChI=1S/C34H53FO4/c1-3-5-13-18-27-19-20-28(29(35)26-27)34(25-6-4-2,32(30(36)37)21-14-9-7-10-15-22-32)33(31(38)39)23-16-11-8-12-17-24-33/h19-20,26H,3-18,21-25H2,1-2H3,(H,36,37)(H,38,39). The molecule has 0 aromatic heterocycles. The largest absolute Gasteiger partial charge is 0.481 e. The van der Waals surface area contributed by atoms with Crippen molar-refractivity contribution in [2.75, 3.05) is 0 Å². The van der Waals surface area contributed by atoms with Crippen LogP contribution in [-0.2, 0) is 21.4 Å². The molecule has 0 amide bonds. The molecule has 4 nitrogen and oxygen atoms in total. The Balaban J connectivity index is 2.38. The van der Waals surface area contributed by atoms with Crippen molar-refractivity contribution in [2.24, 2.45) is 10.8 Å². The Bertz CT molecular complexity index is 883. The van der Waals surface area contributed by atoms with E-state index < -0.39 is 34.0 Å². The van der Waals surface area contributed by atoms with Gasteiger partial charge in [-0.3, -0.25) is 9.59 Å². The second-order valence-electron chi connectivity index (χ2n) is 12.6. The minimum Gasteiger partial charge on any atom is -0.481 e. The van der Waals surface area contributed by atoms with Gasteiger partial charge in [-0.15, -0.1) is 0 Å². The van der Waals surface area contributed by atoms with Crippen molar-refractivity contribution >= 4 is 11.9 Å². The van der Waals surface area contributed by atoms with Gasteiger partial charge in [0.1, 0.15) is 5.82 Å². The molecule has 0 saturated heterocycles. The second-order valence-corrected chi connectivity index (χ2v) is 12.6. The van der Waals surface area contributed by atoms with Crippen molar-refractivity contribution < 1.29 is 24.2 Å². The van der Waals surface area contributed by atoms with Gasteiger partial charge in [0, 0.05) is 5.41 Å². The maximum atomic E-state index is 16.6. The van der Waals surface area contributed by atoms with Crippen molar-refractivity contribution in [1.29, 1.82) is 0 Å². The molecule has 39 heavy (non-hydrogen) atoms. The fourth-order valence-electron chi connectivity index (χ4n) is 8.33. The monoisotopic (exact) mass is 544 g/mol. The molecule has 3 rings (SSSR count). The second kappa shape index (κ2) is 14.6. The van der Waals surface area contributed by atoms with Gasteiger partial charge in [-0.05, 0) is 62.1 Å². The predicted molar refractivity (Wildman–Crippen MR) is 156 cm³/mol. The Morgan fingerprint density at radius 3 is 1.62 bits per heavy atom. The minimum absolute atomic E-state index is 0.362. The van der Waals surface area contributed by atoms with E-state index in [9.17, 15) is 19.8 Å². The molecule has 220 valence electrons. The number of benzene rings is 1. The molecular weight excluding hydrogens is 491 g/mol. The zero-order valence-electron chi connectivity index (χ0n) is 24.7. The Kier molecular flexibility index (Phi) is 11.9. The van der Waals surface area contributed by atoms with Gasteiger partial charge in [-0.25, -0.2) is 4.39 Å². The van der Waals surface area contributed by atoms with E-state index in [1.54, 1.807) is 6.07 Å². The summed E-state index contributed by atoms with van der Waals surface area (Å²) in [7, 11) is 0. The molecule has 1 aromatic rings. The summed E-state index contributed by atoms with van der Waals surface area (Å²) in [5, 5.41) is 22.5. The number of rotatable bonds is 12. The summed E-state index contributed by atoms with van der Waals surface area (Å²) in [4.78, 5) is 27.4. The maximum Gasteiger partial charge on any atom is 0.310 e. The molecule has 0 aliphatic heterocycles. The summed E-state index contributed by atoms with van der Waals surface area (Å²) in [6.45, 7) is 4.21. The highest BCUT2D eigenvalue weighted by Gasteiger charge is 2.68. The third-order valence-corrected chi connectivity index (χ3v) is 10.3. The molecule has 0 heterocycles. The van der Waals surface area contributed by atoms with E-state index in [2.05, 4.69) is 13.8 Å². The van der Waals surface area contributed by atoms with Crippen LogP contribution in [0.4, 0.5) is 4.39 Å². The van der Waals surface area contributed by atoms with Crippen LogP contribution in [-0.4, -0.2) is 22.2 Å². The number of aliphatic carboxylic acids is 2. The first-order valence-electron chi connectivity index (χ1n) is 16.1. The van der Waals surface area contributed by atoms with Gasteiger partial charge in [0.05, 0.1) is 10.8 Å². The van der Waals surface area contributed by atoms with Crippen LogP contribution in [0.2, 0.25) is 0 Å². The third-order valence-electron chi connectivity index (χ3n) is 10.3. The van der Waals surface area contributed by atoms with Gasteiger partial charge in [0.15, 0.2) is 0 Å². The molecule has 2 aliphatic carbocycles. The van der Waals surface area contributed by atoms with Crippen molar-refractivity contribution in [1.82, 2.24) is 0 Å². The van der Waals surface area contributed by atoms with Crippen molar-refractivity contribution in [3.8, 4) is 0 Å². The molecule has 2 fully saturated rings. The zero-order valence-corrected chi connectivity index (χ0v) is 24.7. The fraction of sp³-hybridized carbons (Fsp3) is 0.765. The summed E-state index contributed by atoms with van der Waals surface area (Å²) in [5.41, 5.74) is -2.66. The normalized spacial score (nSPS) is 20.3. The highest BCUT2D eigenvalue weighted by molar-refractivity contribution is 5.84. The predicted octanol–water partition coefficient (Wildman–Crippen LogP) is 9.62. The summed E-state index contributed by atoms with van der Waals surface area (Å²) in [5.74, 6) is -2.24. The fourth-order valence-corrected chi connectivity index (χ4v) is 8.33. The molecule has 1 aromatic carbocycles. The van der Waals surface area contributed by atoms with E-state index in [1.807, 2.05) is 12.1 Å². The van der Waals surface area contributed by atoms with Gasteiger partial charge in [-0.1, -0.05) is 116 Å². The molecule has 5 heteroatoms. The Morgan fingerprint density at radius 1 is 0.744 bits per heavy atom. The summed E-state index contributed by atoms with van der Waals surface area (Å²) >= 11 is 0. The van der Waals surface area contributed by atoms with E-state index in [0.717, 1.165) is 102 Å². The first-order chi connectivity index (χ1) is 18.8. The Labute approximate surface area is 236 Å². The van der Waals surface area contributed by atoms with E-state index in [0.29, 0.717) is 44.1 Å². The zero-order chi connectivity index (χ0) is 28.4. The summed E-state index contributed by atoms with van der Waals surface area (Å²) in [6.07, 6.45) is 16.4. The summed E-state index contributed by atoms with van der Waals surface area (Å²) in [6, 6.07) is 5.38. The topological polar surface area (TPSA) is 74.6 Å². The quantitative estimate of drug-likeness (QED) is 0.257. The number of unbranched alkanes of at least 4 members (excludes halogenated alkanes) is 3. The Morgan fingerprint density at radius 2 is 1.21 bits per heavy atom. The number of carboxylic acid groups (broad SMARTS) is 2. The lowest BCUT2D eigenvalue weighted by atomic mass is 9.41. The third kappa shape index (κ3) is 6.38. The number of hydrogen-bond donors (Lipinski definition) is 2. The smallest absolute Gasteiger partial charge is 0.310 e. The minimum atomic E-state index is -1.31. The van der Waals surface area contributed by atoms with Crippen LogP contribution < -0.4 is 0 Å². The molecular formula is C34H53FO4. The van der Waals surface area contributed by atoms with Crippen LogP contribution >= 0.6 is 0 Å². The number of carbonyl (C=O) groups is 2. The lowest BCUT2D eigenvalue weighted by Gasteiger charge is -2.59. The van der Waals surface area contributed by atoms with Crippen molar-refractivity contribution in [2.45, 2.75) is 154 Å². The molecule has 2 saturated carbocycles. The first kappa shape index (κ1) is 31.6. The van der Waals surface area contributed by atoms with E-state index in [-0.39, 0.29) is 0 Å². The maximum absolute atomic E-state index is 16.6.